The molecule has 0 amide bonds. The summed E-state index contributed by atoms with van der Waals surface area (Å²) in [5.41, 5.74) is 0.413. The second kappa shape index (κ2) is 13.0. The Morgan fingerprint density at radius 3 is 2.59 bits per heavy atom. The van der Waals surface area contributed by atoms with Crippen LogP contribution in [0.2, 0.25) is 0 Å². The summed E-state index contributed by atoms with van der Waals surface area (Å²) >= 11 is 4.42. The van der Waals surface area contributed by atoms with Crippen molar-refractivity contribution >= 4 is 45.0 Å². The van der Waals surface area contributed by atoms with Crippen LogP contribution in [0.3, 0.4) is 0 Å². The van der Waals surface area contributed by atoms with E-state index in [0.29, 0.717) is 45.1 Å². The molecule has 0 N–H and O–H groups in total. The molecule has 0 spiro atoms. The number of ether oxygens (including phenoxy) is 4. The summed E-state index contributed by atoms with van der Waals surface area (Å²) in [6, 6.07) is 7.26. The van der Waals surface area contributed by atoms with E-state index in [0.717, 1.165) is 11.3 Å². The normalized spacial score (nSPS) is 14.4. The van der Waals surface area contributed by atoms with E-state index in [4.69, 9.17) is 18.9 Å². The summed E-state index contributed by atoms with van der Waals surface area (Å²) in [6.07, 6.45) is 4.39. The number of hydrogen-bond donors (Lipinski definition) is 0. The molecule has 11 nitrogen and oxygen atoms in total. The molecule has 1 aliphatic rings. The Bertz CT molecular complexity index is 1730. The van der Waals surface area contributed by atoms with Gasteiger partial charge in [0.15, 0.2) is 16.3 Å². The topological polar surface area (TPSA) is 131 Å². The Morgan fingerprint density at radius 1 is 1.20 bits per heavy atom. The quantitative estimate of drug-likeness (QED) is 0.132. The molecule has 0 saturated carbocycles. The molecule has 13 heteroatoms. The molecule has 4 rings (SSSR count). The van der Waals surface area contributed by atoms with Crippen molar-refractivity contribution in [2.24, 2.45) is 4.99 Å². The van der Waals surface area contributed by atoms with E-state index < -0.39 is 22.5 Å². The minimum Gasteiger partial charge on any atom is -0.490 e. The van der Waals surface area contributed by atoms with Crippen LogP contribution < -0.4 is 29.1 Å². The molecule has 0 bridgehead atoms. The first-order chi connectivity index (χ1) is 19.7. The van der Waals surface area contributed by atoms with Crippen molar-refractivity contribution in [3.8, 4) is 17.2 Å². The zero-order valence-corrected chi connectivity index (χ0v) is 24.8. The van der Waals surface area contributed by atoms with Crippen molar-refractivity contribution in [1.82, 2.24) is 4.57 Å². The minimum atomic E-state index is -0.869. The maximum absolute atomic E-state index is 13.8. The second-order valence-corrected chi connectivity index (χ2v) is 10.3. The SMILES string of the molecule is C=CCOc1c(Br)cc(/C=c2/sc3n(c2=O)[C@H](c2ccc(OCC)c(OCC)c2)C(C(=O)OC)=CN=3)cc1[N+](=O)[O-]. The van der Waals surface area contributed by atoms with Crippen molar-refractivity contribution in [3.63, 3.8) is 0 Å². The highest BCUT2D eigenvalue weighted by Crippen LogP contribution is 2.37. The molecule has 0 unspecified atom stereocenters. The van der Waals surface area contributed by atoms with Crippen LogP contribution in [-0.4, -0.2) is 42.4 Å². The van der Waals surface area contributed by atoms with Gasteiger partial charge >= 0.3 is 11.7 Å². The van der Waals surface area contributed by atoms with E-state index >= 15 is 0 Å². The van der Waals surface area contributed by atoms with Crippen molar-refractivity contribution in [2.45, 2.75) is 19.9 Å². The molecule has 1 aliphatic heterocycles. The average Bonchev–Trinajstić information content (AvgIpc) is 3.27. The van der Waals surface area contributed by atoms with Gasteiger partial charge in [-0.05, 0) is 65.2 Å². The Hall–Kier alpha value is -4.23. The smallest absolute Gasteiger partial charge is 0.337 e. The lowest BCUT2D eigenvalue weighted by Crippen LogP contribution is -2.39. The number of nitro groups is 1. The first-order valence-corrected chi connectivity index (χ1v) is 14.0. The number of nitrogens with zero attached hydrogens (tertiary/aromatic N) is 3. The summed E-state index contributed by atoms with van der Waals surface area (Å²) < 4.78 is 23.9. The zero-order valence-electron chi connectivity index (χ0n) is 22.4. The van der Waals surface area contributed by atoms with E-state index in [2.05, 4.69) is 27.5 Å². The minimum absolute atomic E-state index is 0.0526. The summed E-state index contributed by atoms with van der Waals surface area (Å²) in [5, 5.41) is 11.8. The van der Waals surface area contributed by atoms with Gasteiger partial charge in [0.05, 0.1) is 45.9 Å². The average molecular weight is 645 g/mol. The number of carbonyl (C=O) groups excluding carboxylic acids is 1. The third kappa shape index (κ3) is 6.10. The molecular weight excluding hydrogens is 618 g/mol. The van der Waals surface area contributed by atoms with Gasteiger partial charge in [-0.2, -0.15) is 0 Å². The van der Waals surface area contributed by atoms with Gasteiger partial charge < -0.3 is 18.9 Å². The number of carbonyl (C=O) groups is 1. The second-order valence-electron chi connectivity index (χ2n) is 8.46. The lowest BCUT2D eigenvalue weighted by atomic mass is 9.97. The molecule has 0 fully saturated rings. The first-order valence-electron chi connectivity index (χ1n) is 12.4. The fraction of sp³-hybridized carbons (Fsp3) is 0.250. The Kier molecular flexibility index (Phi) is 9.40. The lowest BCUT2D eigenvalue weighted by Gasteiger charge is -2.23. The molecule has 41 heavy (non-hydrogen) atoms. The lowest BCUT2D eigenvalue weighted by molar-refractivity contribution is -0.385. The summed E-state index contributed by atoms with van der Waals surface area (Å²) in [6.45, 7) is 8.15. The number of aromatic nitrogens is 1. The van der Waals surface area contributed by atoms with E-state index in [9.17, 15) is 19.7 Å². The number of benzene rings is 2. The summed E-state index contributed by atoms with van der Waals surface area (Å²) in [7, 11) is 1.25. The third-order valence-corrected chi connectivity index (χ3v) is 7.48. The van der Waals surface area contributed by atoms with E-state index in [-0.39, 0.29) is 28.1 Å². The number of hydrogen-bond acceptors (Lipinski definition) is 10. The van der Waals surface area contributed by atoms with Crippen LogP contribution >= 0.6 is 27.3 Å². The number of halogens is 1. The van der Waals surface area contributed by atoms with E-state index in [1.165, 1.54) is 36.1 Å². The molecule has 2 heterocycles. The van der Waals surface area contributed by atoms with Crippen LogP contribution in [0.1, 0.15) is 31.0 Å². The fourth-order valence-corrected chi connectivity index (χ4v) is 5.79. The van der Waals surface area contributed by atoms with Gasteiger partial charge in [-0.3, -0.25) is 19.5 Å². The highest BCUT2D eigenvalue weighted by Gasteiger charge is 2.31. The number of fused-ring (bicyclic) bond motifs is 1. The van der Waals surface area contributed by atoms with Crippen molar-refractivity contribution < 1.29 is 28.7 Å². The molecule has 1 aromatic heterocycles. The molecule has 3 aromatic rings. The van der Waals surface area contributed by atoms with Gasteiger partial charge in [0.25, 0.3) is 5.56 Å². The molecule has 214 valence electrons. The summed E-state index contributed by atoms with van der Waals surface area (Å²) in [5.74, 6) is 0.402. The number of thiazole rings is 1. The van der Waals surface area contributed by atoms with Gasteiger partial charge in [0, 0.05) is 12.3 Å². The van der Waals surface area contributed by atoms with Gasteiger partial charge in [0.2, 0.25) is 5.75 Å². The highest BCUT2D eigenvalue weighted by molar-refractivity contribution is 9.10. The molecule has 2 aromatic carbocycles. The van der Waals surface area contributed by atoms with Crippen LogP contribution in [0.5, 0.6) is 17.2 Å². The Balaban J connectivity index is 1.89. The Morgan fingerprint density at radius 2 is 1.93 bits per heavy atom. The highest BCUT2D eigenvalue weighted by atomic mass is 79.9. The van der Waals surface area contributed by atoms with E-state index in [1.807, 2.05) is 13.8 Å². The van der Waals surface area contributed by atoms with Gasteiger partial charge in [-0.1, -0.05) is 30.1 Å². The largest absolute Gasteiger partial charge is 0.490 e. The predicted molar refractivity (Wildman–Crippen MR) is 156 cm³/mol. The monoisotopic (exact) mass is 643 g/mol. The number of methoxy groups -OCH3 is 1. The third-order valence-electron chi connectivity index (χ3n) is 5.89. The molecular formula is C28H26BrN3O8S. The van der Waals surface area contributed by atoms with Gasteiger partial charge in [-0.15, -0.1) is 0 Å². The van der Waals surface area contributed by atoms with Crippen molar-refractivity contribution in [1.29, 1.82) is 0 Å². The van der Waals surface area contributed by atoms with Crippen molar-refractivity contribution in [3.05, 3.63) is 100 Å². The molecule has 0 saturated heterocycles. The maximum atomic E-state index is 13.8. The number of rotatable bonds is 11. The van der Waals surface area contributed by atoms with E-state index in [1.54, 1.807) is 24.3 Å². The standard InChI is InChI=1S/C28H26BrN3O8S/c1-5-10-40-25-19(29)11-16(12-20(25)32(35)36)13-23-26(33)31-24(18(27(34)37-4)15-30-28(31)41-23)17-8-9-21(38-6-2)22(14-17)39-7-3/h5,8-9,11-15,24H,1,6-7,10H2,2-4H3/b23-13+/t24-/m1/s1. The van der Waals surface area contributed by atoms with Crippen LogP contribution in [0.25, 0.3) is 6.08 Å². The molecule has 1 atom stereocenters. The van der Waals surface area contributed by atoms with Gasteiger partial charge in [0.1, 0.15) is 6.61 Å². The fourth-order valence-electron chi connectivity index (χ4n) is 4.24. The van der Waals surface area contributed by atoms with Crippen LogP contribution in [0.4, 0.5) is 5.69 Å². The number of esters is 1. The molecule has 0 aliphatic carbocycles. The predicted octanol–water partition coefficient (Wildman–Crippen LogP) is 4.05. The van der Waals surface area contributed by atoms with Crippen LogP contribution in [-0.2, 0) is 9.53 Å². The summed E-state index contributed by atoms with van der Waals surface area (Å²) in [4.78, 5) is 42.5. The first kappa shape index (κ1) is 29.7. The Labute approximate surface area is 246 Å². The van der Waals surface area contributed by atoms with Gasteiger partial charge in [-0.25, -0.2) is 9.79 Å². The maximum Gasteiger partial charge on any atom is 0.337 e. The van der Waals surface area contributed by atoms with Crippen LogP contribution in [0, 0.1) is 10.1 Å². The zero-order chi connectivity index (χ0) is 29.7. The molecule has 0 radical (unpaired) electrons. The van der Waals surface area contributed by atoms with Crippen LogP contribution in [0.15, 0.2) is 69.0 Å². The van der Waals surface area contributed by atoms with Crippen molar-refractivity contribution in [2.75, 3.05) is 26.9 Å². The number of nitro benzene ring substituents is 1.